The van der Waals surface area contributed by atoms with E-state index in [0.717, 1.165) is 18.7 Å². The Kier molecular flexibility index (Phi) is 5.02. The number of nitrogens with one attached hydrogen (secondary N) is 1. The quantitative estimate of drug-likeness (QED) is 0.894. The van der Waals surface area contributed by atoms with Gasteiger partial charge in [-0.3, -0.25) is 4.98 Å². The summed E-state index contributed by atoms with van der Waals surface area (Å²) in [6.07, 6.45) is 3.46. The maximum atomic E-state index is 5.93. The fraction of sp³-hybridized carbons (Fsp3) is 0.214. The predicted molar refractivity (Wildman–Crippen MR) is 78.2 cm³/mol. The van der Waals surface area contributed by atoms with Crippen molar-refractivity contribution in [3.63, 3.8) is 0 Å². The number of hydrogen-bond donors (Lipinski definition) is 1. The first-order valence-corrected chi connectivity index (χ1v) is 6.71. The van der Waals surface area contributed by atoms with Gasteiger partial charge in [0.05, 0.1) is 6.20 Å². The lowest BCUT2D eigenvalue weighted by Crippen LogP contribution is -2.11. The molecule has 0 fully saturated rings. The van der Waals surface area contributed by atoms with Crippen molar-refractivity contribution >= 4 is 23.2 Å². The zero-order valence-electron chi connectivity index (χ0n) is 10.5. The molecule has 2 aromatic rings. The van der Waals surface area contributed by atoms with Crippen LogP contribution in [0.15, 0.2) is 36.7 Å². The van der Waals surface area contributed by atoms with E-state index in [1.807, 2.05) is 6.07 Å². The van der Waals surface area contributed by atoms with Crippen LogP contribution in [0.3, 0.4) is 0 Å². The van der Waals surface area contributed by atoms with Gasteiger partial charge in [0.2, 0.25) is 0 Å². The summed E-state index contributed by atoms with van der Waals surface area (Å²) >= 11 is 11.9. The third-order valence-electron chi connectivity index (χ3n) is 2.42. The smallest absolute Gasteiger partial charge is 0.146 e. The molecule has 0 atom stereocenters. The van der Waals surface area contributed by atoms with Crippen molar-refractivity contribution in [1.29, 1.82) is 0 Å². The van der Waals surface area contributed by atoms with Crippen LogP contribution < -0.4 is 10.1 Å². The lowest BCUT2D eigenvalue weighted by atomic mass is 10.2. The van der Waals surface area contributed by atoms with Crippen molar-refractivity contribution < 1.29 is 4.74 Å². The second kappa shape index (κ2) is 6.75. The highest BCUT2D eigenvalue weighted by atomic mass is 35.5. The molecule has 0 aliphatic carbocycles. The molecule has 0 bridgehead atoms. The van der Waals surface area contributed by atoms with E-state index in [2.05, 4.69) is 17.2 Å². The number of nitrogens with zero attached hydrogens (tertiary/aromatic N) is 1. The van der Waals surface area contributed by atoms with Crippen molar-refractivity contribution in [3.8, 4) is 11.5 Å². The molecule has 0 saturated carbocycles. The molecule has 100 valence electrons. The first kappa shape index (κ1) is 14.1. The molecular weight excluding hydrogens is 283 g/mol. The zero-order chi connectivity index (χ0) is 13.7. The van der Waals surface area contributed by atoms with Gasteiger partial charge in [-0.25, -0.2) is 0 Å². The minimum Gasteiger partial charge on any atom is -0.456 e. The summed E-state index contributed by atoms with van der Waals surface area (Å²) < 4.78 is 5.70. The molecule has 0 aliphatic rings. The molecular formula is C14H14Cl2N2O. The SMILES string of the molecule is CCNCc1cncc(Oc2cc(Cl)cc(Cl)c2)c1. The molecule has 1 aromatic heterocycles. The number of rotatable bonds is 5. The maximum absolute atomic E-state index is 5.93. The second-order valence-corrected chi connectivity index (χ2v) is 4.89. The molecule has 3 nitrogen and oxygen atoms in total. The number of pyridine rings is 1. The Morgan fingerprint density at radius 1 is 1.05 bits per heavy atom. The summed E-state index contributed by atoms with van der Waals surface area (Å²) in [5.74, 6) is 1.26. The topological polar surface area (TPSA) is 34.2 Å². The van der Waals surface area contributed by atoms with E-state index in [1.54, 1.807) is 30.6 Å². The van der Waals surface area contributed by atoms with Gasteiger partial charge in [-0.15, -0.1) is 0 Å². The normalized spacial score (nSPS) is 10.5. The Bertz CT molecular complexity index is 541. The Hall–Kier alpha value is -1.29. The highest BCUT2D eigenvalue weighted by Crippen LogP contribution is 2.28. The predicted octanol–water partition coefficient (Wildman–Crippen LogP) is 4.29. The highest BCUT2D eigenvalue weighted by Gasteiger charge is 2.03. The van der Waals surface area contributed by atoms with E-state index in [-0.39, 0.29) is 0 Å². The van der Waals surface area contributed by atoms with E-state index < -0.39 is 0 Å². The monoisotopic (exact) mass is 296 g/mol. The Morgan fingerprint density at radius 2 is 1.79 bits per heavy atom. The molecule has 0 saturated heterocycles. The first-order valence-electron chi connectivity index (χ1n) is 5.96. The average Bonchev–Trinajstić information content (AvgIpc) is 2.35. The van der Waals surface area contributed by atoms with Crippen LogP contribution in [0.5, 0.6) is 11.5 Å². The summed E-state index contributed by atoms with van der Waals surface area (Å²) in [7, 11) is 0. The van der Waals surface area contributed by atoms with Gasteiger partial charge in [-0.2, -0.15) is 0 Å². The summed E-state index contributed by atoms with van der Waals surface area (Å²) in [5, 5.41) is 4.32. The van der Waals surface area contributed by atoms with E-state index >= 15 is 0 Å². The molecule has 0 aliphatic heterocycles. The molecule has 1 aromatic carbocycles. The minimum atomic E-state index is 0.541. The van der Waals surface area contributed by atoms with E-state index in [0.29, 0.717) is 21.5 Å². The number of hydrogen-bond acceptors (Lipinski definition) is 3. The lowest BCUT2D eigenvalue weighted by molar-refractivity contribution is 0.479. The van der Waals surface area contributed by atoms with Crippen LogP contribution in [-0.2, 0) is 6.54 Å². The van der Waals surface area contributed by atoms with Gasteiger partial charge in [0.25, 0.3) is 0 Å². The van der Waals surface area contributed by atoms with Crippen molar-refractivity contribution in [2.75, 3.05) is 6.54 Å². The summed E-state index contributed by atoms with van der Waals surface area (Å²) in [6, 6.07) is 7.02. The zero-order valence-corrected chi connectivity index (χ0v) is 12.0. The molecule has 1 N–H and O–H groups in total. The molecule has 2 rings (SSSR count). The van der Waals surface area contributed by atoms with Crippen molar-refractivity contribution in [1.82, 2.24) is 10.3 Å². The van der Waals surface area contributed by atoms with Crippen LogP contribution in [-0.4, -0.2) is 11.5 Å². The van der Waals surface area contributed by atoms with E-state index in [1.165, 1.54) is 0 Å². The van der Waals surface area contributed by atoms with Gasteiger partial charge >= 0.3 is 0 Å². The van der Waals surface area contributed by atoms with E-state index in [4.69, 9.17) is 27.9 Å². The van der Waals surface area contributed by atoms with Crippen LogP contribution in [0.25, 0.3) is 0 Å². The number of ether oxygens (including phenoxy) is 1. The Morgan fingerprint density at radius 3 is 2.47 bits per heavy atom. The second-order valence-electron chi connectivity index (χ2n) is 4.02. The van der Waals surface area contributed by atoms with Crippen molar-refractivity contribution in [2.24, 2.45) is 0 Å². The first-order chi connectivity index (χ1) is 9.17. The average molecular weight is 297 g/mol. The van der Waals surface area contributed by atoms with Gasteiger partial charge in [0.15, 0.2) is 0 Å². The standard InChI is InChI=1S/C14H14Cl2N2O/c1-2-17-7-10-3-14(9-18-8-10)19-13-5-11(15)4-12(16)6-13/h3-6,8-9,17H,2,7H2,1H3. The number of halogens is 2. The summed E-state index contributed by atoms with van der Waals surface area (Å²) in [4.78, 5) is 4.15. The lowest BCUT2D eigenvalue weighted by Gasteiger charge is -2.08. The van der Waals surface area contributed by atoms with Gasteiger partial charge < -0.3 is 10.1 Å². The van der Waals surface area contributed by atoms with Crippen molar-refractivity contribution in [3.05, 3.63) is 52.3 Å². The molecule has 19 heavy (non-hydrogen) atoms. The van der Waals surface area contributed by atoms with Crippen LogP contribution in [0, 0.1) is 0 Å². The Labute approximate surface area is 122 Å². The molecule has 1 heterocycles. The van der Waals surface area contributed by atoms with Crippen LogP contribution in [0.2, 0.25) is 10.0 Å². The van der Waals surface area contributed by atoms with Gasteiger partial charge in [-0.1, -0.05) is 30.1 Å². The van der Waals surface area contributed by atoms with Crippen LogP contribution in [0.1, 0.15) is 12.5 Å². The van der Waals surface area contributed by atoms with E-state index in [9.17, 15) is 0 Å². The van der Waals surface area contributed by atoms with Gasteiger partial charge in [-0.05, 0) is 36.4 Å². The summed E-state index contributed by atoms with van der Waals surface area (Å²) in [5.41, 5.74) is 1.06. The third-order valence-corrected chi connectivity index (χ3v) is 2.86. The molecule has 0 spiro atoms. The number of aromatic nitrogens is 1. The highest BCUT2D eigenvalue weighted by molar-refractivity contribution is 6.34. The maximum Gasteiger partial charge on any atom is 0.146 e. The van der Waals surface area contributed by atoms with Crippen LogP contribution >= 0.6 is 23.2 Å². The Balaban J connectivity index is 2.13. The van der Waals surface area contributed by atoms with Gasteiger partial charge in [0, 0.05) is 22.8 Å². The minimum absolute atomic E-state index is 0.541. The summed E-state index contributed by atoms with van der Waals surface area (Å²) in [6.45, 7) is 3.73. The largest absolute Gasteiger partial charge is 0.456 e. The molecule has 0 amide bonds. The van der Waals surface area contributed by atoms with Crippen molar-refractivity contribution in [2.45, 2.75) is 13.5 Å². The third kappa shape index (κ3) is 4.39. The molecule has 0 radical (unpaired) electrons. The van der Waals surface area contributed by atoms with Gasteiger partial charge in [0.1, 0.15) is 11.5 Å². The van der Waals surface area contributed by atoms with Crippen LogP contribution in [0.4, 0.5) is 0 Å². The number of benzene rings is 1. The fourth-order valence-electron chi connectivity index (χ4n) is 1.61. The molecule has 5 heteroatoms. The molecule has 0 unspecified atom stereocenters. The fourth-order valence-corrected chi connectivity index (χ4v) is 2.12.